The highest BCUT2D eigenvalue weighted by Gasteiger charge is 2.52. The minimum atomic E-state index is -0.675. The van der Waals surface area contributed by atoms with E-state index >= 15 is 0 Å². The summed E-state index contributed by atoms with van der Waals surface area (Å²) in [6, 6.07) is 19.6. The molecule has 152 valence electrons. The van der Waals surface area contributed by atoms with Crippen LogP contribution in [-0.4, -0.2) is 53.4 Å². The van der Waals surface area contributed by atoms with Crippen molar-refractivity contribution in [2.45, 2.75) is 37.6 Å². The lowest BCUT2D eigenvalue weighted by molar-refractivity contribution is -0.156. The van der Waals surface area contributed by atoms with Crippen molar-refractivity contribution < 1.29 is 14.3 Å². The van der Waals surface area contributed by atoms with Crippen LogP contribution in [0.1, 0.15) is 31.2 Å². The predicted octanol–water partition coefficient (Wildman–Crippen LogP) is 3.29. The van der Waals surface area contributed by atoms with Crippen LogP contribution in [-0.2, 0) is 16.0 Å². The van der Waals surface area contributed by atoms with Gasteiger partial charge in [-0.15, -0.1) is 0 Å². The van der Waals surface area contributed by atoms with Gasteiger partial charge in [-0.25, -0.2) is 0 Å². The Morgan fingerprint density at radius 3 is 2.31 bits per heavy atom. The van der Waals surface area contributed by atoms with E-state index in [1.165, 1.54) is 5.56 Å². The van der Waals surface area contributed by atoms with E-state index in [0.29, 0.717) is 18.8 Å². The summed E-state index contributed by atoms with van der Waals surface area (Å²) in [7, 11) is 0. The fourth-order valence-electron chi connectivity index (χ4n) is 4.65. The first-order valence-electron chi connectivity index (χ1n) is 10.5. The third kappa shape index (κ3) is 4.14. The molecule has 0 radical (unpaired) electrons. The molecule has 4 rings (SSSR count). The van der Waals surface area contributed by atoms with Crippen LogP contribution in [0.4, 0.5) is 0 Å². The van der Waals surface area contributed by atoms with Gasteiger partial charge in [0, 0.05) is 19.6 Å². The van der Waals surface area contributed by atoms with Crippen molar-refractivity contribution in [3.8, 4) is 5.75 Å². The molecule has 1 atom stereocenters. The van der Waals surface area contributed by atoms with Gasteiger partial charge in [0.1, 0.15) is 11.3 Å². The summed E-state index contributed by atoms with van der Waals surface area (Å²) in [4.78, 5) is 30.2. The van der Waals surface area contributed by atoms with Crippen molar-refractivity contribution >= 4 is 11.8 Å². The third-order valence-corrected chi connectivity index (χ3v) is 6.11. The Morgan fingerprint density at radius 1 is 0.931 bits per heavy atom. The molecule has 2 aliphatic heterocycles. The van der Waals surface area contributed by atoms with Crippen molar-refractivity contribution in [1.82, 2.24) is 9.80 Å². The van der Waals surface area contributed by atoms with E-state index < -0.39 is 5.54 Å². The summed E-state index contributed by atoms with van der Waals surface area (Å²) in [5.74, 6) is 0.698. The van der Waals surface area contributed by atoms with Gasteiger partial charge >= 0.3 is 0 Å². The number of carbonyl (C=O) groups is 2. The summed E-state index contributed by atoms with van der Waals surface area (Å²) in [6.45, 7) is 2.08. The maximum absolute atomic E-state index is 13.5. The minimum absolute atomic E-state index is 0.0247. The fourth-order valence-corrected chi connectivity index (χ4v) is 4.65. The molecule has 0 aliphatic carbocycles. The van der Waals surface area contributed by atoms with Gasteiger partial charge in [-0.2, -0.15) is 0 Å². The van der Waals surface area contributed by atoms with Crippen LogP contribution >= 0.6 is 0 Å². The molecule has 2 aromatic rings. The molecular weight excluding hydrogens is 364 g/mol. The van der Waals surface area contributed by atoms with Crippen LogP contribution in [0, 0.1) is 0 Å². The molecule has 0 aromatic heterocycles. The Labute approximate surface area is 172 Å². The van der Waals surface area contributed by atoms with E-state index in [-0.39, 0.29) is 18.4 Å². The zero-order valence-corrected chi connectivity index (χ0v) is 16.8. The summed E-state index contributed by atoms with van der Waals surface area (Å²) >= 11 is 0. The molecule has 0 bridgehead atoms. The Hall–Kier alpha value is -2.82. The highest BCUT2D eigenvalue weighted by Crippen LogP contribution is 2.38. The van der Waals surface area contributed by atoms with Gasteiger partial charge in [0.15, 0.2) is 6.61 Å². The smallest absolute Gasteiger partial charge is 0.261 e. The Morgan fingerprint density at radius 2 is 1.59 bits per heavy atom. The zero-order chi connectivity index (χ0) is 20.1. The van der Waals surface area contributed by atoms with Gasteiger partial charge in [0.25, 0.3) is 5.91 Å². The lowest BCUT2D eigenvalue weighted by Crippen LogP contribution is -2.62. The quantitative estimate of drug-likeness (QED) is 0.758. The molecule has 0 N–H and O–H groups in total. The topological polar surface area (TPSA) is 49.9 Å². The van der Waals surface area contributed by atoms with E-state index in [1.54, 1.807) is 4.90 Å². The van der Waals surface area contributed by atoms with Crippen LogP contribution in [0.5, 0.6) is 5.75 Å². The number of amides is 2. The van der Waals surface area contributed by atoms with Crippen LogP contribution < -0.4 is 4.74 Å². The van der Waals surface area contributed by atoms with Crippen molar-refractivity contribution in [2.75, 3.05) is 26.2 Å². The van der Waals surface area contributed by atoms with Gasteiger partial charge in [0.2, 0.25) is 5.91 Å². The highest BCUT2D eigenvalue weighted by molar-refractivity contribution is 5.93. The summed E-state index contributed by atoms with van der Waals surface area (Å²) in [6.07, 6.45) is 4.16. The van der Waals surface area contributed by atoms with E-state index in [1.807, 2.05) is 53.4 Å². The minimum Gasteiger partial charge on any atom is -0.484 e. The Balaban J connectivity index is 1.42. The van der Waals surface area contributed by atoms with E-state index in [2.05, 4.69) is 12.1 Å². The average molecular weight is 392 g/mol. The SMILES string of the molecule is O=C(COc1ccccc1)N1CCCC12CCCN(CCc1ccccc1)C2=O. The van der Waals surface area contributed by atoms with Crippen LogP contribution in [0.25, 0.3) is 0 Å². The highest BCUT2D eigenvalue weighted by atomic mass is 16.5. The second kappa shape index (κ2) is 8.68. The van der Waals surface area contributed by atoms with Crippen LogP contribution in [0.2, 0.25) is 0 Å². The number of hydrogen-bond donors (Lipinski definition) is 0. The Bertz CT molecular complexity index is 840. The molecule has 2 heterocycles. The van der Waals surface area contributed by atoms with E-state index in [9.17, 15) is 9.59 Å². The average Bonchev–Trinajstić information content (AvgIpc) is 3.19. The van der Waals surface area contributed by atoms with Gasteiger partial charge < -0.3 is 14.5 Å². The summed E-state index contributed by atoms with van der Waals surface area (Å²) in [5.41, 5.74) is 0.557. The molecular formula is C24H28N2O3. The Kier molecular flexibility index (Phi) is 5.84. The molecule has 2 amide bonds. The number of carbonyl (C=O) groups excluding carboxylic acids is 2. The van der Waals surface area contributed by atoms with Gasteiger partial charge in [-0.3, -0.25) is 9.59 Å². The number of rotatable bonds is 6. The first-order chi connectivity index (χ1) is 14.2. The standard InChI is InChI=1S/C24H28N2O3/c27-22(19-29-21-11-5-2-6-12-21)26-17-8-15-24(26)14-7-16-25(23(24)28)18-13-20-9-3-1-4-10-20/h1-6,9-12H,7-8,13-19H2. The molecule has 5 heteroatoms. The lowest BCUT2D eigenvalue weighted by atomic mass is 9.85. The second-order valence-corrected chi connectivity index (χ2v) is 7.91. The van der Waals surface area contributed by atoms with Crippen LogP contribution in [0.3, 0.4) is 0 Å². The number of para-hydroxylation sites is 1. The maximum atomic E-state index is 13.5. The predicted molar refractivity (Wildman–Crippen MR) is 112 cm³/mol. The molecule has 2 aliphatic rings. The monoisotopic (exact) mass is 392 g/mol. The first kappa shape index (κ1) is 19.5. The number of ether oxygens (including phenoxy) is 1. The second-order valence-electron chi connectivity index (χ2n) is 7.91. The van der Waals surface area contributed by atoms with Gasteiger partial charge in [-0.1, -0.05) is 48.5 Å². The molecule has 2 saturated heterocycles. The van der Waals surface area contributed by atoms with Crippen molar-refractivity contribution in [3.63, 3.8) is 0 Å². The lowest BCUT2D eigenvalue weighted by Gasteiger charge is -2.44. The van der Waals surface area contributed by atoms with Crippen molar-refractivity contribution in [2.24, 2.45) is 0 Å². The normalized spacial score (nSPS) is 21.6. The molecule has 2 aromatic carbocycles. The van der Waals surface area contributed by atoms with Gasteiger partial charge in [-0.05, 0) is 49.8 Å². The number of likely N-dealkylation sites (tertiary alicyclic amines) is 2. The van der Waals surface area contributed by atoms with Crippen molar-refractivity contribution in [1.29, 1.82) is 0 Å². The molecule has 1 unspecified atom stereocenters. The zero-order valence-electron chi connectivity index (χ0n) is 16.8. The van der Waals surface area contributed by atoms with Gasteiger partial charge in [0.05, 0.1) is 0 Å². The number of benzene rings is 2. The molecule has 29 heavy (non-hydrogen) atoms. The first-order valence-corrected chi connectivity index (χ1v) is 10.5. The molecule has 2 fully saturated rings. The number of hydrogen-bond acceptors (Lipinski definition) is 3. The largest absolute Gasteiger partial charge is 0.484 e. The van der Waals surface area contributed by atoms with E-state index in [4.69, 9.17) is 4.74 Å². The van der Waals surface area contributed by atoms with Crippen LogP contribution in [0.15, 0.2) is 60.7 Å². The molecule has 0 saturated carbocycles. The molecule has 5 nitrogen and oxygen atoms in total. The third-order valence-electron chi connectivity index (χ3n) is 6.11. The van der Waals surface area contributed by atoms with E-state index in [0.717, 1.165) is 38.6 Å². The number of nitrogens with zero attached hydrogens (tertiary/aromatic N) is 2. The summed E-state index contributed by atoms with van der Waals surface area (Å²) in [5, 5.41) is 0. The summed E-state index contributed by atoms with van der Waals surface area (Å²) < 4.78 is 5.67. The number of piperidine rings is 1. The fraction of sp³-hybridized carbons (Fsp3) is 0.417. The molecule has 1 spiro atoms. The van der Waals surface area contributed by atoms with Crippen molar-refractivity contribution in [3.05, 3.63) is 66.2 Å². The maximum Gasteiger partial charge on any atom is 0.261 e.